The second-order valence-electron chi connectivity index (χ2n) is 3.44. The number of aliphatic hydroxyl groups excluding tert-OH is 3. The van der Waals surface area contributed by atoms with Gasteiger partial charge in [0.15, 0.2) is 0 Å². The van der Waals surface area contributed by atoms with Gasteiger partial charge in [-0.05, 0) is 19.4 Å². The third-order valence-corrected chi connectivity index (χ3v) is 2.26. The molecule has 0 saturated heterocycles. The van der Waals surface area contributed by atoms with Gasteiger partial charge in [-0.3, -0.25) is 0 Å². The molecule has 5 N–H and O–H groups in total. The summed E-state index contributed by atoms with van der Waals surface area (Å²) in [6, 6.07) is 3.19. The zero-order valence-corrected chi connectivity index (χ0v) is 8.59. The number of anilines is 1. The number of aromatic nitrogens is 1. The van der Waals surface area contributed by atoms with E-state index in [-0.39, 0.29) is 13.0 Å². The number of aryl methyl sites for hydroxylation is 1. The molecule has 84 valence electrons. The molecular weight excluding hydrogens is 196 g/mol. The molecular formula is C10H16N2O3. The van der Waals surface area contributed by atoms with Gasteiger partial charge >= 0.3 is 0 Å². The van der Waals surface area contributed by atoms with Crippen molar-refractivity contribution < 1.29 is 15.3 Å². The lowest BCUT2D eigenvalue weighted by atomic mass is 10.0. The molecule has 0 bridgehead atoms. The van der Waals surface area contributed by atoms with Crippen molar-refractivity contribution in [2.45, 2.75) is 25.6 Å². The van der Waals surface area contributed by atoms with E-state index in [0.29, 0.717) is 17.1 Å². The number of nitrogens with zero attached hydrogens (tertiary/aromatic N) is 1. The molecule has 0 radical (unpaired) electrons. The molecule has 0 fully saturated rings. The molecule has 0 amide bonds. The molecule has 1 aromatic rings. The fraction of sp³-hybridized carbons (Fsp3) is 0.500. The van der Waals surface area contributed by atoms with Crippen LogP contribution in [0.5, 0.6) is 0 Å². The van der Waals surface area contributed by atoms with Crippen molar-refractivity contribution >= 4 is 5.82 Å². The van der Waals surface area contributed by atoms with Crippen LogP contribution in [0.2, 0.25) is 0 Å². The third kappa shape index (κ3) is 2.89. The molecule has 5 nitrogen and oxygen atoms in total. The van der Waals surface area contributed by atoms with Crippen molar-refractivity contribution in [1.82, 2.24) is 4.98 Å². The average Bonchev–Trinajstić information content (AvgIpc) is 2.17. The summed E-state index contributed by atoms with van der Waals surface area (Å²) in [5.41, 5.74) is 6.58. The maximum absolute atomic E-state index is 9.75. The Labute approximate surface area is 88.2 Å². The van der Waals surface area contributed by atoms with E-state index in [9.17, 15) is 10.2 Å². The number of nitrogen functional groups attached to an aromatic ring is 1. The first-order valence-electron chi connectivity index (χ1n) is 4.76. The first-order valence-corrected chi connectivity index (χ1v) is 4.76. The van der Waals surface area contributed by atoms with Gasteiger partial charge < -0.3 is 21.1 Å². The van der Waals surface area contributed by atoms with Crippen LogP contribution >= 0.6 is 0 Å². The SMILES string of the molecule is Cc1nc(N)ccc1C(O)C(O)CCO. The number of nitrogens with two attached hydrogens (primary N) is 1. The molecule has 0 aliphatic rings. The van der Waals surface area contributed by atoms with Crippen molar-refractivity contribution in [2.24, 2.45) is 0 Å². The van der Waals surface area contributed by atoms with E-state index >= 15 is 0 Å². The van der Waals surface area contributed by atoms with Gasteiger partial charge in [0.05, 0.1) is 6.10 Å². The van der Waals surface area contributed by atoms with Crippen molar-refractivity contribution in [2.75, 3.05) is 12.3 Å². The Morgan fingerprint density at radius 3 is 2.60 bits per heavy atom. The summed E-state index contributed by atoms with van der Waals surface area (Å²) in [7, 11) is 0. The van der Waals surface area contributed by atoms with Crippen molar-refractivity contribution in [3.05, 3.63) is 23.4 Å². The van der Waals surface area contributed by atoms with Crippen LogP contribution in [0.25, 0.3) is 0 Å². The van der Waals surface area contributed by atoms with Crippen molar-refractivity contribution in [1.29, 1.82) is 0 Å². The minimum absolute atomic E-state index is 0.130. The topological polar surface area (TPSA) is 99.6 Å². The van der Waals surface area contributed by atoms with Gasteiger partial charge in [-0.1, -0.05) is 6.07 Å². The Bertz CT molecular complexity index is 330. The summed E-state index contributed by atoms with van der Waals surface area (Å²) in [5, 5.41) is 27.9. The predicted octanol–water partition coefficient (Wildman–Crippen LogP) is -0.251. The molecule has 2 atom stereocenters. The highest BCUT2D eigenvalue weighted by Crippen LogP contribution is 2.21. The molecule has 5 heteroatoms. The maximum atomic E-state index is 9.75. The lowest BCUT2D eigenvalue weighted by Crippen LogP contribution is -2.20. The van der Waals surface area contributed by atoms with Gasteiger partial charge in [-0.2, -0.15) is 0 Å². The number of hydrogen-bond acceptors (Lipinski definition) is 5. The predicted molar refractivity (Wildman–Crippen MR) is 56.1 cm³/mol. The highest BCUT2D eigenvalue weighted by Gasteiger charge is 2.19. The van der Waals surface area contributed by atoms with Gasteiger partial charge in [0.2, 0.25) is 0 Å². The van der Waals surface area contributed by atoms with Crippen molar-refractivity contribution in [3.8, 4) is 0 Å². The van der Waals surface area contributed by atoms with E-state index in [1.807, 2.05) is 0 Å². The summed E-state index contributed by atoms with van der Waals surface area (Å²) in [6.45, 7) is 1.54. The Hall–Kier alpha value is -1.17. The highest BCUT2D eigenvalue weighted by molar-refractivity contribution is 5.35. The molecule has 1 aromatic heterocycles. The second kappa shape index (κ2) is 5.06. The van der Waals surface area contributed by atoms with E-state index in [0.717, 1.165) is 0 Å². The Morgan fingerprint density at radius 1 is 1.40 bits per heavy atom. The van der Waals surface area contributed by atoms with Crippen LogP contribution in [0.3, 0.4) is 0 Å². The average molecular weight is 212 g/mol. The zero-order chi connectivity index (χ0) is 11.4. The van der Waals surface area contributed by atoms with Crippen molar-refractivity contribution in [3.63, 3.8) is 0 Å². The molecule has 0 aliphatic heterocycles. The molecule has 0 aliphatic carbocycles. The van der Waals surface area contributed by atoms with Crippen LogP contribution in [-0.2, 0) is 0 Å². The highest BCUT2D eigenvalue weighted by atomic mass is 16.3. The van der Waals surface area contributed by atoms with Gasteiger partial charge in [0, 0.05) is 17.9 Å². The lowest BCUT2D eigenvalue weighted by Gasteiger charge is -2.18. The third-order valence-electron chi connectivity index (χ3n) is 2.26. The summed E-state index contributed by atoms with van der Waals surface area (Å²) >= 11 is 0. The van der Waals surface area contributed by atoms with E-state index in [2.05, 4.69) is 4.98 Å². The number of rotatable bonds is 4. The molecule has 0 spiro atoms. The monoisotopic (exact) mass is 212 g/mol. The van der Waals surface area contributed by atoms with Crippen LogP contribution in [0, 0.1) is 6.92 Å². The van der Waals surface area contributed by atoms with Crippen LogP contribution in [-0.4, -0.2) is 33.0 Å². The van der Waals surface area contributed by atoms with Gasteiger partial charge in [-0.25, -0.2) is 4.98 Å². The largest absolute Gasteiger partial charge is 0.396 e. The van der Waals surface area contributed by atoms with E-state index < -0.39 is 12.2 Å². The normalized spacial score (nSPS) is 14.9. The van der Waals surface area contributed by atoms with Crippen LogP contribution in [0.1, 0.15) is 23.8 Å². The molecule has 15 heavy (non-hydrogen) atoms. The van der Waals surface area contributed by atoms with E-state index in [4.69, 9.17) is 10.8 Å². The molecule has 2 unspecified atom stereocenters. The minimum Gasteiger partial charge on any atom is -0.396 e. The van der Waals surface area contributed by atoms with Crippen LogP contribution < -0.4 is 5.73 Å². The second-order valence-corrected chi connectivity index (χ2v) is 3.44. The van der Waals surface area contributed by atoms with E-state index in [1.54, 1.807) is 19.1 Å². The zero-order valence-electron chi connectivity index (χ0n) is 8.59. The summed E-state index contributed by atoms with van der Waals surface area (Å²) in [4.78, 5) is 3.98. The number of aliphatic hydroxyl groups is 3. The number of pyridine rings is 1. The van der Waals surface area contributed by atoms with Crippen LogP contribution in [0.4, 0.5) is 5.82 Å². The summed E-state index contributed by atoms with van der Waals surface area (Å²) in [6.07, 6.45) is -1.89. The molecule has 1 heterocycles. The summed E-state index contributed by atoms with van der Waals surface area (Å²) in [5.74, 6) is 0.375. The molecule has 0 aromatic carbocycles. The maximum Gasteiger partial charge on any atom is 0.123 e. The standard InChI is InChI=1S/C10H16N2O3/c1-6-7(2-3-9(11)12-6)10(15)8(14)4-5-13/h2-3,8,10,13-15H,4-5H2,1H3,(H2,11,12). The smallest absolute Gasteiger partial charge is 0.123 e. The van der Waals surface area contributed by atoms with Crippen LogP contribution in [0.15, 0.2) is 12.1 Å². The van der Waals surface area contributed by atoms with E-state index in [1.165, 1.54) is 0 Å². The molecule has 1 rings (SSSR count). The Morgan fingerprint density at radius 2 is 2.07 bits per heavy atom. The minimum atomic E-state index is -1.04. The quantitative estimate of drug-likeness (QED) is 0.551. The Kier molecular flexibility index (Phi) is 4.02. The lowest BCUT2D eigenvalue weighted by molar-refractivity contribution is 0.00369. The fourth-order valence-corrected chi connectivity index (χ4v) is 1.40. The fourth-order valence-electron chi connectivity index (χ4n) is 1.40. The first-order chi connectivity index (χ1) is 7.06. The first kappa shape index (κ1) is 11.9. The number of hydrogen-bond donors (Lipinski definition) is 4. The Balaban J connectivity index is 2.86. The molecule has 0 saturated carbocycles. The van der Waals surface area contributed by atoms with Gasteiger partial charge in [0.1, 0.15) is 11.9 Å². The van der Waals surface area contributed by atoms with Gasteiger partial charge in [0.25, 0.3) is 0 Å². The summed E-state index contributed by atoms with van der Waals surface area (Å²) < 4.78 is 0. The van der Waals surface area contributed by atoms with Gasteiger partial charge in [-0.15, -0.1) is 0 Å².